The summed E-state index contributed by atoms with van der Waals surface area (Å²) in [4.78, 5) is 79.0. The molecule has 434 valence electrons. The predicted octanol–water partition coefficient (Wildman–Crippen LogP) is 6.01. The van der Waals surface area contributed by atoms with Gasteiger partial charge in [-0.15, -0.1) is 11.8 Å². The first-order valence-corrected chi connectivity index (χ1v) is 29.9. The van der Waals surface area contributed by atoms with Gasteiger partial charge in [0.05, 0.1) is 54.5 Å². The van der Waals surface area contributed by atoms with Crippen LogP contribution in [-0.2, 0) is 68.7 Å². The molecule has 0 bridgehead atoms. The molecule has 5 amide bonds. The van der Waals surface area contributed by atoms with Gasteiger partial charge < -0.3 is 40.2 Å². The number of benzene rings is 2. The number of nitrogens with one attached hydrogen (secondary N) is 2. The summed E-state index contributed by atoms with van der Waals surface area (Å²) in [6.07, 6.45) is 14.2. The van der Waals surface area contributed by atoms with Gasteiger partial charge in [0, 0.05) is 98.7 Å². The summed E-state index contributed by atoms with van der Waals surface area (Å²) >= 11 is 1.09. The number of hydrogen-bond acceptors (Lipinski definition) is 14. The summed E-state index contributed by atoms with van der Waals surface area (Å²) in [5, 5.41) is 4.73. The molecule has 79 heavy (non-hydrogen) atoms. The summed E-state index contributed by atoms with van der Waals surface area (Å²) in [7, 11) is -4.43. The highest BCUT2D eigenvalue weighted by molar-refractivity contribution is 8.00. The second kappa shape index (κ2) is 30.9. The minimum absolute atomic E-state index is 0.0102. The molecule has 2 aromatic carbocycles. The van der Waals surface area contributed by atoms with Gasteiger partial charge in [0.15, 0.2) is 11.5 Å². The van der Waals surface area contributed by atoms with Gasteiger partial charge in [0.1, 0.15) is 19.8 Å². The van der Waals surface area contributed by atoms with Crippen molar-refractivity contribution in [3.05, 3.63) is 89.2 Å². The average Bonchev–Trinajstić information content (AvgIpc) is 3.86. The van der Waals surface area contributed by atoms with Crippen molar-refractivity contribution in [3.8, 4) is 0 Å². The number of aryl methyl sites for hydroxylation is 1. The van der Waals surface area contributed by atoms with E-state index < -0.39 is 44.4 Å². The van der Waals surface area contributed by atoms with Gasteiger partial charge in [-0.05, 0) is 76.8 Å². The number of primary amides is 1. The van der Waals surface area contributed by atoms with Crippen molar-refractivity contribution in [2.24, 2.45) is 11.7 Å². The zero-order valence-corrected chi connectivity index (χ0v) is 48.8. The predicted molar refractivity (Wildman–Crippen MR) is 305 cm³/mol. The van der Waals surface area contributed by atoms with Crippen LogP contribution in [0.2, 0.25) is 0 Å². The Morgan fingerprint density at radius 1 is 0.823 bits per heavy atom. The lowest BCUT2D eigenvalue weighted by atomic mass is 9.81. The Hall–Kier alpha value is -5.55. The molecule has 1 saturated heterocycles. The Kier molecular flexibility index (Phi) is 25.1. The SMILES string of the molecule is CCCCOCCOCC(=O)NCCOCCOCC(=O)C[C@H](CSC1CC(=O)N(CCNC(=O)CCCCC[N+]2=C(C=CC=CC=C3N(CC)c4ccc(C)cc4C3(C)C)C(C)(C)c3cc(S(=O)(=O)O)ccc32)C1=O)C(N)=O. The van der Waals surface area contributed by atoms with Crippen molar-refractivity contribution in [1.29, 1.82) is 0 Å². The third-order valence-corrected chi connectivity index (χ3v) is 16.4. The maximum atomic E-state index is 13.2. The van der Waals surface area contributed by atoms with E-state index in [2.05, 4.69) is 79.0 Å². The molecular formula is C58H83N6O13S2+. The number of nitrogens with zero attached hydrogens (tertiary/aromatic N) is 3. The molecule has 0 radical (unpaired) electrons. The van der Waals surface area contributed by atoms with Crippen LogP contribution in [0.4, 0.5) is 11.4 Å². The second-order valence-corrected chi connectivity index (χ2v) is 23.6. The Morgan fingerprint density at radius 2 is 1.53 bits per heavy atom. The van der Waals surface area contributed by atoms with Gasteiger partial charge in [-0.2, -0.15) is 13.0 Å². The normalized spacial score (nSPS) is 17.6. The lowest BCUT2D eigenvalue weighted by Gasteiger charge is -2.25. The van der Waals surface area contributed by atoms with Crippen LogP contribution in [0, 0.1) is 12.8 Å². The molecule has 0 aromatic heterocycles. The largest absolute Gasteiger partial charge is 0.379 e. The van der Waals surface area contributed by atoms with Crippen LogP contribution in [-0.4, -0.2) is 160 Å². The molecule has 5 N–H and O–H groups in total. The van der Waals surface area contributed by atoms with E-state index in [9.17, 15) is 41.7 Å². The Morgan fingerprint density at radius 3 is 2.24 bits per heavy atom. The third-order valence-electron chi connectivity index (χ3n) is 14.2. The van der Waals surface area contributed by atoms with Crippen LogP contribution in [0.1, 0.15) is 110 Å². The van der Waals surface area contributed by atoms with E-state index in [0.717, 1.165) is 53.0 Å². The smallest absolute Gasteiger partial charge is 0.294 e. The van der Waals surface area contributed by atoms with Gasteiger partial charge >= 0.3 is 0 Å². The highest BCUT2D eigenvalue weighted by Gasteiger charge is 2.45. The minimum Gasteiger partial charge on any atom is -0.379 e. The number of imide groups is 1. The topological polar surface area (TPSA) is 253 Å². The minimum atomic E-state index is -4.43. The molecule has 5 rings (SSSR count). The fourth-order valence-electron chi connectivity index (χ4n) is 9.85. The number of carbonyl (C=O) groups excluding carboxylic acids is 6. The van der Waals surface area contributed by atoms with Crippen molar-refractivity contribution in [2.45, 2.75) is 121 Å². The number of allylic oxidation sites excluding steroid dienone is 6. The molecule has 21 heteroatoms. The van der Waals surface area contributed by atoms with Crippen LogP contribution < -0.4 is 21.3 Å². The van der Waals surface area contributed by atoms with Gasteiger partial charge in [-0.1, -0.05) is 63.1 Å². The molecule has 3 aliphatic heterocycles. The molecular weight excluding hydrogens is 1050 g/mol. The molecule has 3 heterocycles. The van der Waals surface area contributed by atoms with Crippen molar-refractivity contribution < 1.29 is 65.3 Å². The molecule has 1 unspecified atom stereocenters. The Balaban J connectivity index is 1.01. The highest BCUT2D eigenvalue weighted by atomic mass is 32.2. The molecule has 0 saturated carbocycles. The van der Waals surface area contributed by atoms with Crippen LogP contribution in [0.15, 0.2) is 77.4 Å². The summed E-state index contributed by atoms with van der Waals surface area (Å²) in [5.74, 6) is -3.22. The van der Waals surface area contributed by atoms with E-state index in [-0.39, 0.29) is 106 Å². The summed E-state index contributed by atoms with van der Waals surface area (Å²) in [6, 6.07) is 11.3. The first kappa shape index (κ1) is 64.3. The number of ether oxygens (including phenoxy) is 4. The van der Waals surface area contributed by atoms with Gasteiger partial charge in [0.25, 0.3) is 10.1 Å². The first-order chi connectivity index (χ1) is 37.6. The number of rotatable bonds is 36. The van der Waals surface area contributed by atoms with Crippen LogP contribution in [0.25, 0.3) is 0 Å². The maximum absolute atomic E-state index is 13.2. The van der Waals surface area contributed by atoms with E-state index in [1.54, 1.807) is 6.07 Å². The van der Waals surface area contributed by atoms with E-state index in [1.165, 1.54) is 34.6 Å². The Labute approximate surface area is 470 Å². The van der Waals surface area contributed by atoms with Crippen LogP contribution >= 0.6 is 11.8 Å². The number of ketones is 1. The molecule has 2 aromatic rings. The van der Waals surface area contributed by atoms with Crippen molar-refractivity contribution >= 4 is 74.3 Å². The monoisotopic (exact) mass is 1140 g/mol. The maximum Gasteiger partial charge on any atom is 0.294 e. The van der Waals surface area contributed by atoms with Crippen LogP contribution in [0.3, 0.4) is 0 Å². The third kappa shape index (κ3) is 18.5. The molecule has 0 spiro atoms. The van der Waals surface area contributed by atoms with Crippen molar-refractivity contribution in [1.82, 2.24) is 15.5 Å². The number of fused-ring (bicyclic) bond motifs is 2. The number of anilines is 1. The highest BCUT2D eigenvalue weighted by Crippen LogP contribution is 2.48. The van der Waals surface area contributed by atoms with Gasteiger partial charge in [0.2, 0.25) is 35.2 Å². The Bertz CT molecular complexity index is 2720. The summed E-state index contributed by atoms with van der Waals surface area (Å²) in [6.45, 7) is 18.3. The number of thioether (sulfide) groups is 1. The number of hydrogen-bond donors (Lipinski definition) is 4. The van der Waals surface area contributed by atoms with Gasteiger partial charge in [-0.3, -0.25) is 38.2 Å². The number of nitrogens with two attached hydrogens (primary N) is 1. The van der Waals surface area contributed by atoms with E-state index in [0.29, 0.717) is 45.6 Å². The lowest BCUT2D eigenvalue weighted by Crippen LogP contribution is -2.39. The van der Waals surface area contributed by atoms with E-state index >= 15 is 0 Å². The molecule has 3 aliphatic rings. The van der Waals surface area contributed by atoms with Crippen molar-refractivity contribution in [2.75, 3.05) is 96.2 Å². The fourth-order valence-corrected chi connectivity index (χ4v) is 11.6. The average molecular weight is 1140 g/mol. The molecule has 19 nitrogen and oxygen atoms in total. The zero-order chi connectivity index (χ0) is 57.8. The molecule has 1 fully saturated rings. The van der Waals surface area contributed by atoms with E-state index in [4.69, 9.17) is 24.7 Å². The molecule has 0 aliphatic carbocycles. The quantitative estimate of drug-likeness (QED) is 0.0200. The zero-order valence-electron chi connectivity index (χ0n) is 47.1. The number of likely N-dealkylation sites (tertiary alicyclic amines) is 1. The number of Topliss-reactive ketones (excluding diaryl/α,β-unsaturated/α-hetero) is 1. The number of amides is 5. The first-order valence-electron chi connectivity index (χ1n) is 27.4. The second-order valence-electron chi connectivity index (χ2n) is 20.9. The number of carbonyl (C=O) groups is 6. The lowest BCUT2D eigenvalue weighted by molar-refractivity contribution is -0.438. The fraction of sp³-hybridized carbons (Fsp3) is 0.569. The molecule has 2 atom stereocenters. The van der Waals surface area contributed by atoms with E-state index in [1.807, 2.05) is 38.2 Å². The van der Waals surface area contributed by atoms with Crippen LogP contribution in [0.5, 0.6) is 0 Å². The summed E-state index contributed by atoms with van der Waals surface area (Å²) < 4.78 is 57.9. The summed E-state index contributed by atoms with van der Waals surface area (Å²) in [5.41, 5.74) is 12.4. The standard InChI is InChI=1S/C58H82N6O13S2/c1-8-10-28-74-30-33-77-39-53(67)61-25-29-75-31-32-76-38-43(65)35-42(55(59)69)40-78-49-37-54(68)64(56(49)70)27-24-60-52(66)19-15-12-16-26-63-48-23-21-44(79(71,72)73)36-46(48)58(6,7)51(63)18-14-11-13-17-50-57(4,5)45-34-41(3)20-22-47(45)62(50)9-2/h11,13-14,17-18,20-23,34,36,42,49H,8-10,12,15-16,19,24-33,35,37-40H2,1-7H3,(H4-,59,60,61,66,67,69,71,72,73)/p+1/t42-,49?/m1/s1. The van der Waals surface area contributed by atoms with Gasteiger partial charge in [-0.25, -0.2) is 0 Å². The van der Waals surface area contributed by atoms with Crippen molar-refractivity contribution in [3.63, 3.8) is 0 Å². The number of likely N-dealkylation sites (N-methyl/N-ethyl adjacent to an activating group) is 1. The number of unbranched alkanes of at least 4 members (excludes halogenated alkanes) is 3.